The highest BCUT2D eigenvalue weighted by atomic mass is 16.1. The highest BCUT2D eigenvalue weighted by Crippen LogP contribution is 2.21. The van der Waals surface area contributed by atoms with E-state index in [1.165, 1.54) is 24.9 Å². The van der Waals surface area contributed by atoms with Crippen LogP contribution in [0.15, 0.2) is 24.3 Å². The van der Waals surface area contributed by atoms with Crippen molar-refractivity contribution >= 4 is 17.3 Å². The second-order valence-corrected chi connectivity index (χ2v) is 5.35. The zero-order valence-electron chi connectivity index (χ0n) is 12.3. The molecule has 4 heteroatoms. The van der Waals surface area contributed by atoms with Gasteiger partial charge in [-0.2, -0.15) is 0 Å². The highest BCUT2D eigenvalue weighted by Gasteiger charge is 2.10. The lowest BCUT2D eigenvalue weighted by Gasteiger charge is -2.28. The van der Waals surface area contributed by atoms with Crippen molar-refractivity contribution in [1.82, 2.24) is 5.32 Å². The number of rotatable bonds is 6. The van der Waals surface area contributed by atoms with Gasteiger partial charge in [-0.1, -0.05) is 0 Å². The standard InChI is InChI=1S/C16H25N3O/c1-17-11-5-6-16(20)18-14-7-9-15(10-8-14)19-12-3-2-4-13-19/h7-10,17H,2-6,11-13H2,1H3,(H,18,20). The van der Waals surface area contributed by atoms with Crippen LogP contribution in [0.25, 0.3) is 0 Å². The number of carbonyl (C=O) groups is 1. The Bertz CT molecular complexity index is 410. The van der Waals surface area contributed by atoms with Gasteiger partial charge in [-0.15, -0.1) is 0 Å². The van der Waals surface area contributed by atoms with E-state index in [1.54, 1.807) is 0 Å². The van der Waals surface area contributed by atoms with Crippen LogP contribution in [-0.4, -0.2) is 32.6 Å². The summed E-state index contributed by atoms with van der Waals surface area (Å²) < 4.78 is 0. The molecule has 2 N–H and O–H groups in total. The molecule has 1 amide bonds. The minimum atomic E-state index is 0.0889. The number of nitrogens with zero attached hydrogens (tertiary/aromatic N) is 1. The van der Waals surface area contributed by atoms with Crippen LogP contribution in [0, 0.1) is 0 Å². The number of carbonyl (C=O) groups excluding carboxylic acids is 1. The summed E-state index contributed by atoms with van der Waals surface area (Å²) in [4.78, 5) is 14.1. The van der Waals surface area contributed by atoms with Crippen LogP contribution in [0.3, 0.4) is 0 Å². The second kappa shape index (κ2) is 7.90. The van der Waals surface area contributed by atoms with E-state index in [2.05, 4.69) is 27.7 Å². The molecule has 20 heavy (non-hydrogen) atoms. The topological polar surface area (TPSA) is 44.4 Å². The minimum absolute atomic E-state index is 0.0889. The molecular weight excluding hydrogens is 250 g/mol. The van der Waals surface area contributed by atoms with Crippen LogP contribution in [-0.2, 0) is 4.79 Å². The molecule has 1 fully saturated rings. The molecule has 2 rings (SSSR count). The summed E-state index contributed by atoms with van der Waals surface area (Å²) in [7, 11) is 1.90. The third kappa shape index (κ3) is 4.53. The van der Waals surface area contributed by atoms with E-state index in [0.29, 0.717) is 6.42 Å². The average Bonchev–Trinajstić information content (AvgIpc) is 2.49. The first-order chi connectivity index (χ1) is 9.79. The quantitative estimate of drug-likeness (QED) is 0.784. The zero-order chi connectivity index (χ0) is 14.2. The van der Waals surface area contributed by atoms with Gasteiger partial charge in [-0.25, -0.2) is 0 Å². The van der Waals surface area contributed by atoms with E-state index in [1.807, 2.05) is 19.2 Å². The van der Waals surface area contributed by atoms with Crippen LogP contribution in [0.5, 0.6) is 0 Å². The van der Waals surface area contributed by atoms with Gasteiger partial charge in [-0.05, 0) is 63.5 Å². The molecule has 0 aromatic heterocycles. The molecule has 4 nitrogen and oxygen atoms in total. The number of benzene rings is 1. The summed E-state index contributed by atoms with van der Waals surface area (Å²) in [5.74, 6) is 0.0889. The maximum Gasteiger partial charge on any atom is 0.224 e. The smallest absolute Gasteiger partial charge is 0.224 e. The zero-order valence-corrected chi connectivity index (χ0v) is 12.3. The molecule has 0 bridgehead atoms. The molecule has 1 aliphatic rings. The van der Waals surface area contributed by atoms with E-state index >= 15 is 0 Å². The Labute approximate surface area is 121 Å². The number of anilines is 2. The number of piperidine rings is 1. The van der Waals surface area contributed by atoms with Crippen molar-refractivity contribution in [3.63, 3.8) is 0 Å². The molecule has 1 saturated heterocycles. The van der Waals surface area contributed by atoms with Crippen LogP contribution < -0.4 is 15.5 Å². The fourth-order valence-corrected chi connectivity index (χ4v) is 2.56. The predicted molar refractivity (Wildman–Crippen MR) is 84.3 cm³/mol. The Morgan fingerprint density at radius 3 is 2.50 bits per heavy atom. The summed E-state index contributed by atoms with van der Waals surface area (Å²) >= 11 is 0. The molecule has 0 unspecified atom stereocenters. The summed E-state index contributed by atoms with van der Waals surface area (Å²) in [5.41, 5.74) is 2.15. The van der Waals surface area contributed by atoms with Crippen molar-refractivity contribution in [2.24, 2.45) is 0 Å². The Kier molecular flexibility index (Phi) is 5.87. The van der Waals surface area contributed by atoms with E-state index < -0.39 is 0 Å². The molecule has 1 aromatic rings. The van der Waals surface area contributed by atoms with Crippen molar-refractivity contribution < 1.29 is 4.79 Å². The summed E-state index contributed by atoms with van der Waals surface area (Å²) in [6.07, 6.45) is 5.34. The van der Waals surface area contributed by atoms with Gasteiger partial charge in [0, 0.05) is 30.9 Å². The maximum atomic E-state index is 11.7. The lowest BCUT2D eigenvalue weighted by Crippen LogP contribution is -2.29. The Morgan fingerprint density at radius 2 is 1.85 bits per heavy atom. The number of hydrogen-bond donors (Lipinski definition) is 2. The minimum Gasteiger partial charge on any atom is -0.372 e. The number of amides is 1. The molecule has 110 valence electrons. The molecule has 1 aromatic carbocycles. The average molecular weight is 275 g/mol. The van der Waals surface area contributed by atoms with Gasteiger partial charge in [0.05, 0.1) is 0 Å². The highest BCUT2D eigenvalue weighted by molar-refractivity contribution is 5.90. The second-order valence-electron chi connectivity index (χ2n) is 5.35. The molecule has 0 atom stereocenters. The van der Waals surface area contributed by atoms with Crippen LogP contribution in [0.2, 0.25) is 0 Å². The summed E-state index contributed by atoms with van der Waals surface area (Å²) in [6.45, 7) is 3.17. The van der Waals surface area contributed by atoms with Gasteiger partial charge in [0.15, 0.2) is 0 Å². The first-order valence-corrected chi connectivity index (χ1v) is 7.59. The van der Waals surface area contributed by atoms with Crippen molar-refractivity contribution in [1.29, 1.82) is 0 Å². The molecule has 0 spiro atoms. The van der Waals surface area contributed by atoms with Gasteiger partial charge in [0.2, 0.25) is 5.91 Å². The van der Waals surface area contributed by atoms with E-state index in [9.17, 15) is 4.79 Å². The fourth-order valence-electron chi connectivity index (χ4n) is 2.56. The van der Waals surface area contributed by atoms with Gasteiger partial charge in [-0.3, -0.25) is 4.79 Å². The van der Waals surface area contributed by atoms with Gasteiger partial charge >= 0.3 is 0 Å². The Hall–Kier alpha value is -1.55. The number of nitrogens with one attached hydrogen (secondary N) is 2. The normalized spacial score (nSPS) is 15.2. The maximum absolute atomic E-state index is 11.7. The first kappa shape index (κ1) is 14.9. The van der Waals surface area contributed by atoms with Crippen LogP contribution in [0.1, 0.15) is 32.1 Å². The molecule has 0 radical (unpaired) electrons. The van der Waals surface area contributed by atoms with Crippen LogP contribution >= 0.6 is 0 Å². The van der Waals surface area contributed by atoms with E-state index in [-0.39, 0.29) is 5.91 Å². The molecule has 0 aliphatic carbocycles. The molecule has 0 saturated carbocycles. The van der Waals surface area contributed by atoms with E-state index in [4.69, 9.17) is 0 Å². The van der Waals surface area contributed by atoms with Crippen molar-refractivity contribution in [2.45, 2.75) is 32.1 Å². The Balaban J connectivity index is 1.83. The summed E-state index contributed by atoms with van der Waals surface area (Å²) in [5, 5.41) is 5.99. The monoisotopic (exact) mass is 275 g/mol. The van der Waals surface area contributed by atoms with Crippen LogP contribution in [0.4, 0.5) is 11.4 Å². The van der Waals surface area contributed by atoms with E-state index in [0.717, 1.165) is 31.7 Å². The first-order valence-electron chi connectivity index (χ1n) is 7.59. The van der Waals surface area contributed by atoms with Gasteiger partial charge in [0.25, 0.3) is 0 Å². The van der Waals surface area contributed by atoms with Crippen molar-refractivity contribution in [3.05, 3.63) is 24.3 Å². The van der Waals surface area contributed by atoms with Gasteiger partial charge < -0.3 is 15.5 Å². The largest absolute Gasteiger partial charge is 0.372 e. The Morgan fingerprint density at radius 1 is 1.15 bits per heavy atom. The lowest BCUT2D eigenvalue weighted by atomic mass is 10.1. The molecule has 1 aliphatic heterocycles. The third-order valence-electron chi connectivity index (χ3n) is 3.70. The third-order valence-corrected chi connectivity index (χ3v) is 3.70. The lowest BCUT2D eigenvalue weighted by molar-refractivity contribution is -0.116. The number of hydrogen-bond acceptors (Lipinski definition) is 3. The predicted octanol–water partition coefficient (Wildman–Crippen LogP) is 2.62. The fraction of sp³-hybridized carbons (Fsp3) is 0.562. The summed E-state index contributed by atoms with van der Waals surface area (Å²) in [6, 6.07) is 8.21. The molecular formula is C16H25N3O. The van der Waals surface area contributed by atoms with Gasteiger partial charge in [0.1, 0.15) is 0 Å². The van der Waals surface area contributed by atoms with Crippen molar-refractivity contribution in [3.8, 4) is 0 Å². The van der Waals surface area contributed by atoms with Crippen molar-refractivity contribution in [2.75, 3.05) is 36.9 Å². The SMILES string of the molecule is CNCCCC(=O)Nc1ccc(N2CCCCC2)cc1. The molecule has 1 heterocycles.